The van der Waals surface area contributed by atoms with Crippen LogP contribution >= 0.6 is 15.9 Å². The SMILES string of the molecule is FCc1cc(Br)ccc1F. The maximum atomic E-state index is 12.5. The van der Waals surface area contributed by atoms with Gasteiger partial charge in [-0.25, -0.2) is 8.78 Å². The molecule has 1 aromatic rings. The zero-order valence-electron chi connectivity index (χ0n) is 5.07. The summed E-state index contributed by atoms with van der Waals surface area (Å²) < 4.78 is 25.1. The Morgan fingerprint density at radius 1 is 1.40 bits per heavy atom. The van der Waals surface area contributed by atoms with E-state index in [1.165, 1.54) is 18.2 Å². The minimum absolute atomic E-state index is 0.0920. The maximum absolute atomic E-state index is 12.5. The molecular weight excluding hydrogens is 202 g/mol. The zero-order valence-corrected chi connectivity index (χ0v) is 6.66. The molecule has 0 spiro atoms. The molecule has 0 aliphatic rings. The predicted molar refractivity (Wildman–Crippen MR) is 38.9 cm³/mol. The van der Waals surface area contributed by atoms with Crippen LogP contribution in [0, 0.1) is 5.82 Å². The lowest BCUT2D eigenvalue weighted by Crippen LogP contribution is -1.84. The van der Waals surface area contributed by atoms with Gasteiger partial charge in [0.15, 0.2) is 0 Å². The summed E-state index contributed by atoms with van der Waals surface area (Å²) in [6.07, 6.45) is 0. The van der Waals surface area contributed by atoms with Crippen LogP contribution in [-0.2, 0) is 6.67 Å². The lowest BCUT2D eigenvalue weighted by molar-refractivity contribution is 0.463. The minimum atomic E-state index is -0.759. The summed E-state index contributed by atoms with van der Waals surface area (Å²) in [7, 11) is 0. The molecule has 0 fully saturated rings. The third-order valence-electron chi connectivity index (χ3n) is 1.15. The van der Waals surface area contributed by atoms with Crippen molar-refractivity contribution in [3.8, 4) is 0 Å². The van der Waals surface area contributed by atoms with E-state index in [-0.39, 0.29) is 5.56 Å². The molecule has 0 unspecified atom stereocenters. The summed E-state index contributed by atoms with van der Waals surface area (Å²) in [6, 6.07) is 4.20. The summed E-state index contributed by atoms with van der Waals surface area (Å²) in [5.41, 5.74) is 0.0920. The Hall–Kier alpha value is -0.440. The van der Waals surface area contributed by atoms with Crippen molar-refractivity contribution in [2.45, 2.75) is 6.67 Å². The first-order chi connectivity index (χ1) is 4.74. The summed E-state index contributed by atoms with van der Waals surface area (Å²) in [5.74, 6) is -0.495. The highest BCUT2D eigenvalue weighted by Crippen LogP contribution is 2.15. The van der Waals surface area contributed by atoms with Crippen molar-refractivity contribution in [1.82, 2.24) is 0 Å². The van der Waals surface area contributed by atoms with E-state index in [0.717, 1.165) is 0 Å². The number of rotatable bonds is 1. The number of alkyl halides is 1. The van der Waals surface area contributed by atoms with Gasteiger partial charge in [0, 0.05) is 10.0 Å². The molecule has 0 radical (unpaired) electrons. The highest BCUT2D eigenvalue weighted by Gasteiger charge is 2.00. The van der Waals surface area contributed by atoms with Crippen molar-refractivity contribution in [2.75, 3.05) is 0 Å². The lowest BCUT2D eigenvalue weighted by atomic mass is 10.2. The number of hydrogen-bond donors (Lipinski definition) is 0. The summed E-state index contributed by atoms with van der Waals surface area (Å²) in [4.78, 5) is 0. The summed E-state index contributed by atoms with van der Waals surface area (Å²) in [5, 5.41) is 0. The van der Waals surface area contributed by atoms with Crippen LogP contribution in [-0.4, -0.2) is 0 Å². The molecule has 0 saturated carbocycles. The van der Waals surface area contributed by atoms with Gasteiger partial charge in [0.05, 0.1) is 0 Å². The van der Waals surface area contributed by atoms with Crippen LogP contribution < -0.4 is 0 Å². The van der Waals surface area contributed by atoms with E-state index < -0.39 is 12.5 Å². The van der Waals surface area contributed by atoms with Crippen LogP contribution in [0.3, 0.4) is 0 Å². The van der Waals surface area contributed by atoms with Gasteiger partial charge in [0.1, 0.15) is 12.5 Å². The second-order valence-electron chi connectivity index (χ2n) is 1.87. The van der Waals surface area contributed by atoms with Crippen molar-refractivity contribution in [3.63, 3.8) is 0 Å². The number of hydrogen-bond acceptors (Lipinski definition) is 0. The summed E-state index contributed by atoms with van der Waals surface area (Å²) in [6.45, 7) is -0.759. The van der Waals surface area contributed by atoms with Gasteiger partial charge in [-0.3, -0.25) is 0 Å². The maximum Gasteiger partial charge on any atom is 0.129 e. The normalized spacial score (nSPS) is 9.90. The Balaban J connectivity index is 3.09. The van der Waals surface area contributed by atoms with Gasteiger partial charge in [-0.2, -0.15) is 0 Å². The topological polar surface area (TPSA) is 0 Å². The molecule has 0 aliphatic carbocycles. The van der Waals surface area contributed by atoms with E-state index in [9.17, 15) is 8.78 Å². The van der Waals surface area contributed by atoms with E-state index in [1.54, 1.807) is 0 Å². The second-order valence-corrected chi connectivity index (χ2v) is 2.79. The quantitative estimate of drug-likeness (QED) is 0.663. The van der Waals surface area contributed by atoms with Gasteiger partial charge in [0.2, 0.25) is 0 Å². The van der Waals surface area contributed by atoms with E-state index in [0.29, 0.717) is 4.47 Å². The average molecular weight is 207 g/mol. The number of benzene rings is 1. The van der Waals surface area contributed by atoms with Gasteiger partial charge in [0.25, 0.3) is 0 Å². The zero-order chi connectivity index (χ0) is 7.56. The molecule has 0 saturated heterocycles. The van der Waals surface area contributed by atoms with Crippen LogP contribution in [0.5, 0.6) is 0 Å². The fourth-order valence-corrected chi connectivity index (χ4v) is 1.05. The third kappa shape index (κ3) is 1.53. The molecule has 0 nitrogen and oxygen atoms in total. The summed E-state index contributed by atoms with van der Waals surface area (Å²) >= 11 is 3.10. The first-order valence-corrected chi connectivity index (χ1v) is 3.53. The van der Waals surface area contributed by atoms with Crippen molar-refractivity contribution in [2.24, 2.45) is 0 Å². The van der Waals surface area contributed by atoms with Gasteiger partial charge in [-0.1, -0.05) is 15.9 Å². The molecule has 0 amide bonds. The molecule has 0 N–H and O–H groups in total. The molecule has 0 aliphatic heterocycles. The van der Waals surface area contributed by atoms with Crippen LogP contribution in [0.1, 0.15) is 5.56 Å². The van der Waals surface area contributed by atoms with Gasteiger partial charge < -0.3 is 0 Å². The Labute approximate surface area is 66.0 Å². The smallest absolute Gasteiger partial charge is 0.129 e. The molecule has 3 heteroatoms. The van der Waals surface area contributed by atoms with Crippen LogP contribution in [0.4, 0.5) is 8.78 Å². The van der Waals surface area contributed by atoms with Gasteiger partial charge >= 0.3 is 0 Å². The van der Waals surface area contributed by atoms with E-state index in [2.05, 4.69) is 15.9 Å². The van der Waals surface area contributed by atoms with E-state index in [4.69, 9.17) is 0 Å². The molecule has 1 aromatic carbocycles. The molecule has 54 valence electrons. The first-order valence-electron chi connectivity index (χ1n) is 2.74. The standard InChI is InChI=1S/C7H5BrF2/c8-6-1-2-7(10)5(3-6)4-9/h1-3H,4H2. The molecule has 0 aromatic heterocycles. The Kier molecular flexibility index (Phi) is 2.38. The largest absolute Gasteiger partial charge is 0.246 e. The fourth-order valence-electron chi connectivity index (χ4n) is 0.646. The van der Waals surface area contributed by atoms with Crippen LogP contribution in [0.15, 0.2) is 22.7 Å². The lowest BCUT2D eigenvalue weighted by Gasteiger charge is -1.96. The van der Waals surface area contributed by atoms with Gasteiger partial charge in [-0.15, -0.1) is 0 Å². The minimum Gasteiger partial charge on any atom is -0.246 e. The highest BCUT2D eigenvalue weighted by atomic mass is 79.9. The Bertz CT molecular complexity index is 235. The second kappa shape index (κ2) is 3.10. The molecule has 0 heterocycles. The van der Waals surface area contributed by atoms with Crippen molar-refractivity contribution < 1.29 is 8.78 Å². The van der Waals surface area contributed by atoms with E-state index in [1.807, 2.05) is 0 Å². The van der Waals surface area contributed by atoms with Crippen molar-refractivity contribution in [3.05, 3.63) is 34.1 Å². The average Bonchev–Trinajstić information content (AvgIpc) is 1.94. The van der Waals surface area contributed by atoms with Gasteiger partial charge in [-0.05, 0) is 18.2 Å². The van der Waals surface area contributed by atoms with Crippen molar-refractivity contribution >= 4 is 15.9 Å². The van der Waals surface area contributed by atoms with Crippen LogP contribution in [0.25, 0.3) is 0 Å². The van der Waals surface area contributed by atoms with Crippen LogP contribution in [0.2, 0.25) is 0 Å². The Morgan fingerprint density at radius 2 is 2.10 bits per heavy atom. The molecule has 0 atom stereocenters. The predicted octanol–water partition coefficient (Wildman–Crippen LogP) is 3.06. The molecule has 10 heavy (non-hydrogen) atoms. The molecular formula is C7H5BrF2. The number of halogens is 3. The Morgan fingerprint density at radius 3 is 2.60 bits per heavy atom. The molecule has 0 bridgehead atoms. The molecule has 1 rings (SSSR count). The highest BCUT2D eigenvalue weighted by molar-refractivity contribution is 9.10. The van der Waals surface area contributed by atoms with E-state index >= 15 is 0 Å². The monoisotopic (exact) mass is 206 g/mol. The van der Waals surface area contributed by atoms with Crippen molar-refractivity contribution in [1.29, 1.82) is 0 Å². The third-order valence-corrected chi connectivity index (χ3v) is 1.64. The first kappa shape index (κ1) is 7.66. The fraction of sp³-hybridized carbons (Fsp3) is 0.143.